The van der Waals surface area contributed by atoms with Crippen molar-refractivity contribution in [1.29, 1.82) is 0 Å². The first-order chi connectivity index (χ1) is 15.4. The zero-order chi connectivity index (χ0) is 22.7. The molecule has 3 heterocycles. The zero-order valence-electron chi connectivity index (χ0n) is 18.2. The monoisotopic (exact) mass is 465 g/mol. The lowest BCUT2D eigenvalue weighted by Crippen LogP contribution is -2.08. The lowest BCUT2D eigenvalue weighted by molar-refractivity contribution is 0.102. The summed E-state index contributed by atoms with van der Waals surface area (Å²) >= 11 is 7.37. The fourth-order valence-corrected chi connectivity index (χ4v) is 4.63. The van der Waals surface area contributed by atoms with Gasteiger partial charge in [-0.25, -0.2) is 0 Å². The summed E-state index contributed by atoms with van der Waals surface area (Å²) in [5.74, 6) is 1.13. The SMILES string of the molecule is Cc1cc(C(=O)CSc2nnc(-c3cccnc3)n2C)c(C)n1CCc1ccc(Cl)cc1. The van der Waals surface area contributed by atoms with Crippen LogP contribution in [-0.4, -0.2) is 35.9 Å². The second kappa shape index (κ2) is 9.71. The van der Waals surface area contributed by atoms with Gasteiger partial charge in [0.2, 0.25) is 0 Å². The fraction of sp³-hybridized carbons (Fsp3) is 0.250. The van der Waals surface area contributed by atoms with Gasteiger partial charge in [-0.3, -0.25) is 9.78 Å². The van der Waals surface area contributed by atoms with Gasteiger partial charge < -0.3 is 9.13 Å². The molecule has 0 spiro atoms. The Labute approximate surface area is 196 Å². The summed E-state index contributed by atoms with van der Waals surface area (Å²) in [5.41, 5.74) is 4.96. The number of carbonyl (C=O) groups excluding carboxylic acids is 1. The summed E-state index contributed by atoms with van der Waals surface area (Å²) in [7, 11) is 1.90. The van der Waals surface area contributed by atoms with Crippen LogP contribution in [0.1, 0.15) is 27.3 Å². The highest BCUT2D eigenvalue weighted by Crippen LogP contribution is 2.24. The average Bonchev–Trinajstić information content (AvgIpc) is 3.31. The Balaban J connectivity index is 1.42. The van der Waals surface area contributed by atoms with Gasteiger partial charge in [0.05, 0.1) is 5.75 Å². The second-order valence-corrected chi connectivity index (χ2v) is 9.01. The van der Waals surface area contributed by atoms with Crippen LogP contribution in [0.25, 0.3) is 11.4 Å². The molecule has 164 valence electrons. The standard InChI is InChI=1S/C24H24ClN5OS/c1-16-13-21(17(2)30(16)12-10-18-6-8-20(25)9-7-18)22(31)15-32-24-28-27-23(29(24)3)19-5-4-11-26-14-19/h4-9,11,13-14H,10,12,15H2,1-3H3. The van der Waals surface area contributed by atoms with Gasteiger partial charge in [-0.2, -0.15) is 0 Å². The largest absolute Gasteiger partial charge is 0.348 e. The van der Waals surface area contributed by atoms with Crippen LogP contribution in [-0.2, 0) is 20.0 Å². The summed E-state index contributed by atoms with van der Waals surface area (Å²) in [4.78, 5) is 17.1. The molecule has 1 aromatic carbocycles. The topological polar surface area (TPSA) is 65.6 Å². The number of pyridine rings is 1. The van der Waals surface area contributed by atoms with E-state index in [1.165, 1.54) is 17.3 Å². The van der Waals surface area contributed by atoms with Crippen molar-refractivity contribution < 1.29 is 4.79 Å². The third kappa shape index (κ3) is 4.79. The van der Waals surface area contributed by atoms with E-state index in [0.717, 1.165) is 46.3 Å². The molecule has 0 aliphatic rings. The first kappa shape index (κ1) is 22.3. The fourth-order valence-electron chi connectivity index (χ4n) is 3.71. The average molecular weight is 466 g/mol. The zero-order valence-corrected chi connectivity index (χ0v) is 19.8. The van der Waals surface area contributed by atoms with Crippen LogP contribution < -0.4 is 0 Å². The third-order valence-corrected chi connectivity index (χ3v) is 6.77. The number of thioether (sulfide) groups is 1. The van der Waals surface area contributed by atoms with Gasteiger partial charge in [0.1, 0.15) is 0 Å². The van der Waals surface area contributed by atoms with Gasteiger partial charge in [0, 0.05) is 53.5 Å². The van der Waals surface area contributed by atoms with Gasteiger partial charge >= 0.3 is 0 Å². The number of benzene rings is 1. The number of hydrogen-bond donors (Lipinski definition) is 0. The molecule has 0 radical (unpaired) electrons. The predicted octanol–water partition coefficient (Wildman–Crippen LogP) is 5.17. The number of ketones is 1. The van der Waals surface area contributed by atoms with Crippen LogP contribution in [0.3, 0.4) is 0 Å². The molecule has 0 unspecified atom stereocenters. The molecule has 8 heteroatoms. The predicted molar refractivity (Wildman–Crippen MR) is 128 cm³/mol. The molecular formula is C24H24ClN5OS. The minimum Gasteiger partial charge on any atom is -0.348 e. The molecule has 4 rings (SSSR count). The van der Waals surface area contributed by atoms with Crippen LogP contribution in [0.2, 0.25) is 5.02 Å². The molecule has 0 fully saturated rings. The van der Waals surface area contributed by atoms with Crippen LogP contribution in [0, 0.1) is 13.8 Å². The van der Waals surface area contributed by atoms with Gasteiger partial charge in [-0.15, -0.1) is 10.2 Å². The van der Waals surface area contributed by atoms with Crippen molar-refractivity contribution in [3.05, 3.63) is 82.4 Å². The Morgan fingerprint density at radius 3 is 2.62 bits per heavy atom. The first-order valence-corrected chi connectivity index (χ1v) is 11.7. The molecule has 0 amide bonds. The molecule has 4 aromatic rings. The maximum absolute atomic E-state index is 13.0. The highest BCUT2D eigenvalue weighted by molar-refractivity contribution is 7.99. The van der Waals surface area contributed by atoms with E-state index in [2.05, 4.69) is 19.7 Å². The maximum Gasteiger partial charge on any atom is 0.191 e. The lowest BCUT2D eigenvalue weighted by Gasteiger charge is -2.10. The number of carbonyl (C=O) groups is 1. The number of aromatic nitrogens is 5. The molecular weight excluding hydrogens is 442 g/mol. The maximum atomic E-state index is 13.0. The van der Waals surface area contributed by atoms with E-state index in [4.69, 9.17) is 11.6 Å². The van der Waals surface area contributed by atoms with Crippen molar-refractivity contribution in [3.63, 3.8) is 0 Å². The van der Waals surface area contributed by atoms with Crippen molar-refractivity contribution in [1.82, 2.24) is 24.3 Å². The number of hydrogen-bond acceptors (Lipinski definition) is 5. The Morgan fingerprint density at radius 2 is 1.91 bits per heavy atom. The number of rotatable bonds is 8. The highest BCUT2D eigenvalue weighted by atomic mass is 35.5. The number of Topliss-reactive ketones (excluding diaryl/α,β-unsaturated/α-hetero) is 1. The van der Waals surface area contributed by atoms with E-state index in [1.54, 1.807) is 12.4 Å². The van der Waals surface area contributed by atoms with Crippen molar-refractivity contribution in [2.75, 3.05) is 5.75 Å². The Bertz CT molecular complexity index is 1230. The third-order valence-electron chi connectivity index (χ3n) is 5.50. The molecule has 0 saturated carbocycles. The summed E-state index contributed by atoms with van der Waals surface area (Å²) in [5, 5.41) is 9.95. The number of aryl methyl sites for hydroxylation is 2. The van der Waals surface area contributed by atoms with E-state index in [0.29, 0.717) is 10.9 Å². The van der Waals surface area contributed by atoms with Crippen LogP contribution in [0.4, 0.5) is 0 Å². The number of nitrogens with zero attached hydrogens (tertiary/aromatic N) is 5. The summed E-state index contributed by atoms with van der Waals surface area (Å²) in [6, 6.07) is 13.7. The normalized spacial score (nSPS) is 11.1. The smallest absolute Gasteiger partial charge is 0.191 e. The lowest BCUT2D eigenvalue weighted by atomic mass is 10.1. The van der Waals surface area contributed by atoms with Crippen LogP contribution in [0.5, 0.6) is 0 Å². The highest BCUT2D eigenvalue weighted by Gasteiger charge is 2.18. The van der Waals surface area contributed by atoms with E-state index in [9.17, 15) is 4.79 Å². The first-order valence-electron chi connectivity index (χ1n) is 10.3. The van der Waals surface area contributed by atoms with Crippen molar-refractivity contribution in [2.45, 2.75) is 32.0 Å². The van der Waals surface area contributed by atoms with Crippen LogP contribution >= 0.6 is 23.4 Å². The minimum atomic E-state index is 0.0896. The quantitative estimate of drug-likeness (QED) is 0.265. The van der Waals surface area contributed by atoms with E-state index in [1.807, 2.05) is 67.9 Å². The summed E-state index contributed by atoms with van der Waals surface area (Å²) < 4.78 is 4.10. The van der Waals surface area contributed by atoms with Gasteiger partial charge in [-0.1, -0.05) is 35.5 Å². The number of halogens is 1. The summed E-state index contributed by atoms with van der Waals surface area (Å²) in [6.07, 6.45) is 4.36. The molecule has 0 N–H and O–H groups in total. The molecule has 0 aliphatic carbocycles. The summed E-state index contributed by atoms with van der Waals surface area (Å²) in [6.45, 7) is 4.87. The van der Waals surface area contributed by atoms with Crippen molar-refractivity contribution in [2.24, 2.45) is 7.05 Å². The van der Waals surface area contributed by atoms with Gasteiger partial charge in [0.25, 0.3) is 0 Å². The Hall–Kier alpha value is -2.90. The molecule has 6 nitrogen and oxygen atoms in total. The Kier molecular flexibility index (Phi) is 6.77. The van der Waals surface area contributed by atoms with Crippen molar-refractivity contribution in [3.8, 4) is 11.4 Å². The molecule has 0 bridgehead atoms. The minimum absolute atomic E-state index is 0.0896. The van der Waals surface area contributed by atoms with Gasteiger partial charge in [-0.05, 0) is 56.2 Å². The second-order valence-electron chi connectivity index (χ2n) is 7.63. The molecule has 0 atom stereocenters. The van der Waals surface area contributed by atoms with Crippen LogP contribution in [0.15, 0.2) is 60.0 Å². The van der Waals surface area contributed by atoms with Gasteiger partial charge in [0.15, 0.2) is 16.8 Å². The Morgan fingerprint density at radius 1 is 1.12 bits per heavy atom. The molecule has 0 saturated heterocycles. The van der Waals surface area contributed by atoms with E-state index < -0.39 is 0 Å². The van der Waals surface area contributed by atoms with E-state index >= 15 is 0 Å². The van der Waals surface area contributed by atoms with E-state index in [-0.39, 0.29) is 5.78 Å². The van der Waals surface area contributed by atoms with Crippen molar-refractivity contribution >= 4 is 29.1 Å². The molecule has 0 aliphatic heterocycles. The molecule has 3 aromatic heterocycles. The molecule has 32 heavy (non-hydrogen) atoms.